The minimum Gasteiger partial charge on any atom is -0.481 e. The first-order chi connectivity index (χ1) is 8.49. The molecule has 6 nitrogen and oxygen atoms in total. The van der Waals surface area contributed by atoms with Crippen LogP contribution in [0.5, 0.6) is 0 Å². The fourth-order valence-electron chi connectivity index (χ4n) is 1.06. The molecule has 0 spiro atoms. The Hall–Kier alpha value is -0.860. The lowest BCUT2D eigenvalue weighted by Crippen LogP contribution is -2.31. The Kier molecular flexibility index (Phi) is 6.37. The quantitative estimate of drug-likeness (QED) is 0.702. The molecule has 0 atom stereocenters. The highest BCUT2D eigenvalue weighted by molar-refractivity contribution is 8.01. The molecule has 0 aliphatic rings. The highest BCUT2D eigenvalue weighted by Gasteiger charge is 2.07. The van der Waals surface area contributed by atoms with Crippen LogP contribution < -0.4 is 5.32 Å². The molecule has 0 unspecified atom stereocenters. The van der Waals surface area contributed by atoms with Gasteiger partial charge >= 0.3 is 5.97 Å². The summed E-state index contributed by atoms with van der Waals surface area (Å²) in [6.45, 7) is 6.01. The van der Waals surface area contributed by atoms with Crippen LogP contribution in [0.4, 0.5) is 5.13 Å². The third-order valence-corrected chi connectivity index (χ3v) is 4.35. The van der Waals surface area contributed by atoms with Crippen LogP contribution in [0, 0.1) is 0 Å². The van der Waals surface area contributed by atoms with Crippen molar-refractivity contribution < 1.29 is 9.90 Å². The van der Waals surface area contributed by atoms with Crippen molar-refractivity contribution in [3.63, 3.8) is 0 Å². The highest BCUT2D eigenvalue weighted by Crippen LogP contribution is 2.24. The first-order valence-electron chi connectivity index (χ1n) is 5.61. The lowest BCUT2D eigenvalue weighted by molar-refractivity contribution is -0.133. The monoisotopic (exact) mass is 290 g/mol. The third kappa shape index (κ3) is 5.65. The first kappa shape index (κ1) is 15.2. The zero-order valence-corrected chi connectivity index (χ0v) is 12.3. The van der Waals surface area contributed by atoms with Gasteiger partial charge in [0, 0.05) is 19.1 Å². The molecule has 0 amide bonds. The maximum absolute atomic E-state index is 10.4. The number of aliphatic carboxylic acids is 1. The van der Waals surface area contributed by atoms with Crippen LogP contribution in [0.1, 0.15) is 13.8 Å². The van der Waals surface area contributed by atoms with Gasteiger partial charge in [-0.2, -0.15) is 0 Å². The minimum absolute atomic E-state index is 0.0186. The fraction of sp³-hybridized carbons (Fsp3) is 0.700. The van der Waals surface area contributed by atoms with Gasteiger partial charge in [0.25, 0.3) is 0 Å². The summed E-state index contributed by atoms with van der Waals surface area (Å²) in [7, 11) is 2.07. The number of thioether (sulfide) groups is 1. The lowest BCUT2D eigenvalue weighted by Gasteiger charge is -2.20. The number of nitrogens with one attached hydrogen (secondary N) is 1. The minimum atomic E-state index is -0.844. The second-order valence-electron chi connectivity index (χ2n) is 4.06. The van der Waals surface area contributed by atoms with Gasteiger partial charge in [-0.3, -0.25) is 4.79 Å². The number of carbonyl (C=O) groups is 1. The molecule has 1 rings (SSSR count). The zero-order valence-electron chi connectivity index (χ0n) is 10.7. The van der Waals surface area contributed by atoms with E-state index >= 15 is 0 Å². The Bertz CT molecular complexity index is 384. The number of carboxylic acids is 1. The van der Waals surface area contributed by atoms with Crippen molar-refractivity contribution in [1.82, 2.24) is 15.1 Å². The molecule has 0 aliphatic carbocycles. The first-order valence-corrected chi connectivity index (χ1v) is 7.41. The second kappa shape index (κ2) is 7.55. The molecule has 1 aromatic rings. The van der Waals surface area contributed by atoms with Gasteiger partial charge in [-0.25, -0.2) is 0 Å². The summed E-state index contributed by atoms with van der Waals surface area (Å²) < 4.78 is 0.678. The van der Waals surface area contributed by atoms with E-state index < -0.39 is 5.97 Å². The Morgan fingerprint density at radius 1 is 1.56 bits per heavy atom. The Morgan fingerprint density at radius 3 is 2.89 bits per heavy atom. The Morgan fingerprint density at radius 2 is 2.28 bits per heavy atom. The number of carboxylic acid groups (broad SMARTS) is 1. The largest absolute Gasteiger partial charge is 0.481 e. The summed E-state index contributed by atoms with van der Waals surface area (Å²) in [6.07, 6.45) is 0. The Labute approximate surface area is 115 Å². The van der Waals surface area contributed by atoms with Crippen molar-refractivity contribution in [2.24, 2.45) is 0 Å². The summed E-state index contributed by atoms with van der Waals surface area (Å²) in [5.41, 5.74) is 0. The molecule has 102 valence electrons. The molecular weight excluding hydrogens is 272 g/mol. The van der Waals surface area contributed by atoms with E-state index in [-0.39, 0.29) is 5.75 Å². The van der Waals surface area contributed by atoms with E-state index in [0.29, 0.717) is 10.4 Å². The van der Waals surface area contributed by atoms with Crippen molar-refractivity contribution in [3.05, 3.63) is 0 Å². The molecule has 2 N–H and O–H groups in total. The Balaban J connectivity index is 2.29. The maximum atomic E-state index is 10.4. The fourth-order valence-corrected chi connectivity index (χ4v) is 2.56. The van der Waals surface area contributed by atoms with Gasteiger partial charge < -0.3 is 15.3 Å². The molecule has 8 heteroatoms. The topological polar surface area (TPSA) is 78.3 Å². The van der Waals surface area contributed by atoms with E-state index in [2.05, 4.69) is 41.3 Å². The van der Waals surface area contributed by atoms with E-state index in [0.717, 1.165) is 18.2 Å². The molecule has 0 saturated heterocycles. The van der Waals surface area contributed by atoms with Gasteiger partial charge in [0.15, 0.2) is 4.34 Å². The molecule has 0 aromatic carbocycles. The van der Waals surface area contributed by atoms with Gasteiger partial charge in [-0.05, 0) is 20.9 Å². The van der Waals surface area contributed by atoms with Crippen LogP contribution in [0.15, 0.2) is 4.34 Å². The van der Waals surface area contributed by atoms with Gasteiger partial charge in [-0.15, -0.1) is 10.2 Å². The molecule has 0 aliphatic heterocycles. The predicted molar refractivity (Wildman–Crippen MR) is 74.5 cm³/mol. The number of nitrogens with zero attached hydrogens (tertiary/aromatic N) is 3. The molecule has 0 bridgehead atoms. The molecule has 1 aromatic heterocycles. The van der Waals surface area contributed by atoms with Crippen LogP contribution in [-0.2, 0) is 4.79 Å². The number of likely N-dealkylation sites (N-methyl/N-ethyl adjacent to an activating group) is 1. The van der Waals surface area contributed by atoms with Crippen LogP contribution >= 0.6 is 23.1 Å². The zero-order chi connectivity index (χ0) is 13.5. The van der Waals surface area contributed by atoms with Gasteiger partial charge in [0.2, 0.25) is 5.13 Å². The standard InChI is InChI=1S/C10H18N4O2S2/c1-7(2)14(3)5-4-11-9-12-13-10(18-9)17-6-8(15)16/h7H,4-6H2,1-3H3,(H,11,12)(H,15,16). The van der Waals surface area contributed by atoms with Crippen molar-refractivity contribution in [2.45, 2.75) is 24.2 Å². The number of aromatic nitrogens is 2. The van der Waals surface area contributed by atoms with Crippen molar-refractivity contribution in [1.29, 1.82) is 0 Å². The van der Waals surface area contributed by atoms with Gasteiger partial charge in [0.1, 0.15) is 0 Å². The maximum Gasteiger partial charge on any atom is 0.313 e. The van der Waals surface area contributed by atoms with Crippen molar-refractivity contribution in [3.8, 4) is 0 Å². The van der Waals surface area contributed by atoms with Crippen molar-refractivity contribution in [2.75, 3.05) is 31.2 Å². The van der Waals surface area contributed by atoms with E-state index in [4.69, 9.17) is 5.11 Å². The van der Waals surface area contributed by atoms with E-state index in [1.807, 2.05) is 0 Å². The van der Waals surface area contributed by atoms with Crippen LogP contribution in [-0.4, -0.2) is 58.1 Å². The predicted octanol–water partition coefficient (Wildman–Crippen LogP) is 1.47. The number of hydrogen-bond donors (Lipinski definition) is 2. The van der Waals surface area contributed by atoms with Crippen LogP contribution in [0.25, 0.3) is 0 Å². The molecule has 18 heavy (non-hydrogen) atoms. The average molecular weight is 290 g/mol. The molecule has 0 saturated carbocycles. The summed E-state index contributed by atoms with van der Waals surface area (Å²) in [4.78, 5) is 12.6. The SMILES string of the molecule is CC(C)N(C)CCNc1nnc(SCC(=O)O)s1. The lowest BCUT2D eigenvalue weighted by atomic mass is 10.3. The summed E-state index contributed by atoms with van der Waals surface area (Å²) in [6, 6.07) is 0.517. The normalized spacial score (nSPS) is 11.2. The van der Waals surface area contributed by atoms with Gasteiger partial charge in [-0.1, -0.05) is 23.1 Å². The molecule has 0 fully saturated rings. The van der Waals surface area contributed by atoms with Gasteiger partial charge in [0.05, 0.1) is 5.75 Å². The van der Waals surface area contributed by atoms with E-state index in [9.17, 15) is 4.79 Å². The molecular formula is C10H18N4O2S2. The van der Waals surface area contributed by atoms with Crippen molar-refractivity contribution >= 4 is 34.2 Å². The van der Waals surface area contributed by atoms with E-state index in [1.54, 1.807) is 0 Å². The molecule has 0 radical (unpaired) electrons. The van der Waals surface area contributed by atoms with E-state index in [1.165, 1.54) is 23.1 Å². The number of anilines is 1. The van der Waals surface area contributed by atoms with Crippen LogP contribution in [0.2, 0.25) is 0 Å². The smallest absolute Gasteiger partial charge is 0.313 e. The number of hydrogen-bond acceptors (Lipinski definition) is 7. The summed E-state index contributed by atoms with van der Waals surface area (Å²) >= 11 is 2.57. The highest BCUT2D eigenvalue weighted by atomic mass is 32.2. The number of rotatable bonds is 8. The molecule has 1 heterocycles. The summed E-state index contributed by atoms with van der Waals surface area (Å²) in [5.74, 6) is -0.826. The van der Waals surface area contributed by atoms with Crippen LogP contribution in [0.3, 0.4) is 0 Å². The second-order valence-corrected chi connectivity index (χ2v) is 6.26. The third-order valence-electron chi connectivity index (χ3n) is 2.35. The average Bonchev–Trinajstić information content (AvgIpc) is 2.74. The summed E-state index contributed by atoms with van der Waals surface area (Å²) in [5, 5.41) is 20.3.